The van der Waals surface area contributed by atoms with E-state index >= 15 is 0 Å². The Morgan fingerprint density at radius 2 is 2.27 bits per heavy atom. The van der Waals surface area contributed by atoms with Gasteiger partial charge in [0.25, 0.3) is 0 Å². The van der Waals surface area contributed by atoms with Crippen LogP contribution in [-0.2, 0) is 9.59 Å². The summed E-state index contributed by atoms with van der Waals surface area (Å²) in [5.41, 5.74) is 0. The molecule has 15 heavy (non-hydrogen) atoms. The van der Waals surface area contributed by atoms with E-state index in [1.54, 1.807) is 4.90 Å². The molecular weight excluding hydrogens is 194 g/mol. The van der Waals surface area contributed by atoms with Gasteiger partial charge in [0.05, 0.1) is 5.92 Å². The summed E-state index contributed by atoms with van der Waals surface area (Å²) in [6.45, 7) is 0.992. The maximum Gasteiger partial charge on any atom is 0.308 e. The quantitative estimate of drug-likeness (QED) is 0.697. The molecule has 1 atom stereocenters. The van der Waals surface area contributed by atoms with Crippen LogP contribution in [0, 0.1) is 18.3 Å². The van der Waals surface area contributed by atoms with Gasteiger partial charge in [0, 0.05) is 25.9 Å². The van der Waals surface area contributed by atoms with Crippen molar-refractivity contribution in [1.82, 2.24) is 4.90 Å². The van der Waals surface area contributed by atoms with Gasteiger partial charge in [-0.25, -0.2) is 0 Å². The Balaban J connectivity index is 2.45. The van der Waals surface area contributed by atoms with Crippen LogP contribution in [0.4, 0.5) is 0 Å². The number of rotatable bonds is 3. The first-order valence-corrected chi connectivity index (χ1v) is 5.09. The zero-order valence-electron chi connectivity index (χ0n) is 8.61. The first-order valence-electron chi connectivity index (χ1n) is 5.09. The molecule has 82 valence electrons. The average molecular weight is 209 g/mol. The van der Waals surface area contributed by atoms with Crippen molar-refractivity contribution >= 4 is 11.9 Å². The molecular formula is C11H15NO3. The molecule has 1 amide bonds. The maximum atomic E-state index is 11.6. The molecule has 1 heterocycles. The molecule has 0 radical (unpaired) electrons. The topological polar surface area (TPSA) is 57.6 Å². The standard InChI is InChI=1S/C11H15NO3/c1-2-3-6-10(13)12-7-4-5-9(8-12)11(14)15/h1,9H,3-8H2,(H,14,15). The molecule has 1 unspecified atom stereocenters. The van der Waals surface area contributed by atoms with Crippen LogP contribution in [0.2, 0.25) is 0 Å². The van der Waals surface area contributed by atoms with E-state index in [4.69, 9.17) is 11.5 Å². The van der Waals surface area contributed by atoms with Crippen molar-refractivity contribution in [2.24, 2.45) is 5.92 Å². The monoisotopic (exact) mass is 209 g/mol. The van der Waals surface area contributed by atoms with Crippen molar-refractivity contribution in [1.29, 1.82) is 0 Å². The van der Waals surface area contributed by atoms with Crippen LogP contribution in [0.3, 0.4) is 0 Å². The number of amides is 1. The lowest BCUT2D eigenvalue weighted by Gasteiger charge is -2.30. The minimum atomic E-state index is -0.815. The number of terminal acetylenes is 1. The van der Waals surface area contributed by atoms with Gasteiger partial charge in [-0.3, -0.25) is 9.59 Å². The molecule has 4 heteroatoms. The SMILES string of the molecule is C#CCCC(=O)N1CCCC(C(=O)O)C1. The van der Waals surface area contributed by atoms with Gasteiger partial charge in [0.2, 0.25) is 5.91 Å². The number of aliphatic carboxylic acids is 1. The minimum absolute atomic E-state index is 0.0288. The van der Waals surface area contributed by atoms with E-state index in [1.807, 2.05) is 0 Å². The predicted octanol–water partition coefficient (Wildman–Crippen LogP) is 0.723. The second-order valence-electron chi connectivity index (χ2n) is 3.72. The zero-order chi connectivity index (χ0) is 11.3. The first kappa shape index (κ1) is 11.6. The lowest BCUT2D eigenvalue weighted by atomic mass is 9.98. The zero-order valence-corrected chi connectivity index (χ0v) is 8.61. The normalized spacial score (nSPS) is 20.7. The van der Waals surface area contributed by atoms with Crippen molar-refractivity contribution in [2.45, 2.75) is 25.7 Å². The van der Waals surface area contributed by atoms with Crippen molar-refractivity contribution < 1.29 is 14.7 Å². The number of hydrogen-bond donors (Lipinski definition) is 1. The van der Waals surface area contributed by atoms with Gasteiger partial charge >= 0.3 is 5.97 Å². The van der Waals surface area contributed by atoms with E-state index in [1.165, 1.54) is 0 Å². The summed E-state index contributed by atoms with van der Waals surface area (Å²) < 4.78 is 0. The summed E-state index contributed by atoms with van der Waals surface area (Å²) in [5.74, 6) is 1.15. The van der Waals surface area contributed by atoms with Crippen LogP contribution in [-0.4, -0.2) is 35.0 Å². The third-order valence-electron chi connectivity index (χ3n) is 2.61. The maximum absolute atomic E-state index is 11.6. The Labute approximate surface area is 89.3 Å². The van der Waals surface area contributed by atoms with Crippen LogP contribution in [0.25, 0.3) is 0 Å². The molecule has 1 aliphatic rings. The van der Waals surface area contributed by atoms with Crippen LogP contribution in [0.1, 0.15) is 25.7 Å². The number of piperidine rings is 1. The smallest absolute Gasteiger partial charge is 0.308 e. The molecule has 0 aromatic rings. The lowest BCUT2D eigenvalue weighted by Crippen LogP contribution is -2.42. The predicted molar refractivity (Wildman–Crippen MR) is 55.0 cm³/mol. The fourth-order valence-corrected chi connectivity index (χ4v) is 1.74. The highest BCUT2D eigenvalue weighted by Crippen LogP contribution is 2.17. The third kappa shape index (κ3) is 3.28. The Hall–Kier alpha value is -1.50. The lowest BCUT2D eigenvalue weighted by molar-refractivity contribution is -0.145. The van der Waals surface area contributed by atoms with Gasteiger partial charge in [-0.2, -0.15) is 0 Å². The molecule has 0 aromatic heterocycles. The van der Waals surface area contributed by atoms with E-state index in [0.717, 1.165) is 6.42 Å². The Morgan fingerprint density at radius 3 is 2.87 bits per heavy atom. The van der Waals surface area contributed by atoms with Crippen LogP contribution in [0.5, 0.6) is 0 Å². The number of carboxylic acid groups (broad SMARTS) is 1. The highest BCUT2D eigenvalue weighted by Gasteiger charge is 2.27. The van der Waals surface area contributed by atoms with Crippen molar-refractivity contribution in [3.05, 3.63) is 0 Å². The van der Waals surface area contributed by atoms with Gasteiger partial charge in [-0.1, -0.05) is 0 Å². The highest BCUT2D eigenvalue weighted by molar-refractivity contribution is 5.78. The number of likely N-dealkylation sites (tertiary alicyclic amines) is 1. The summed E-state index contributed by atoms with van der Waals surface area (Å²) in [6, 6.07) is 0. The van der Waals surface area contributed by atoms with E-state index < -0.39 is 11.9 Å². The Morgan fingerprint density at radius 1 is 1.53 bits per heavy atom. The molecule has 0 aliphatic carbocycles. The third-order valence-corrected chi connectivity index (χ3v) is 2.61. The fourth-order valence-electron chi connectivity index (χ4n) is 1.74. The van der Waals surface area contributed by atoms with Gasteiger partial charge in [0.15, 0.2) is 0 Å². The highest BCUT2D eigenvalue weighted by atomic mass is 16.4. The molecule has 0 spiro atoms. The molecule has 4 nitrogen and oxygen atoms in total. The van der Waals surface area contributed by atoms with Crippen molar-refractivity contribution in [3.8, 4) is 12.3 Å². The molecule has 0 saturated carbocycles. The van der Waals surface area contributed by atoms with E-state index in [2.05, 4.69) is 5.92 Å². The number of carbonyl (C=O) groups is 2. The summed E-state index contributed by atoms with van der Waals surface area (Å²) in [5, 5.41) is 8.84. The van der Waals surface area contributed by atoms with E-state index in [9.17, 15) is 9.59 Å². The second kappa shape index (κ2) is 5.40. The number of carbonyl (C=O) groups excluding carboxylic acids is 1. The van der Waals surface area contributed by atoms with Crippen molar-refractivity contribution in [3.63, 3.8) is 0 Å². The van der Waals surface area contributed by atoms with Gasteiger partial charge in [-0.15, -0.1) is 12.3 Å². The summed E-state index contributed by atoms with van der Waals surface area (Å²) in [7, 11) is 0. The average Bonchev–Trinajstić information content (AvgIpc) is 2.26. The molecule has 1 rings (SSSR count). The molecule has 1 aliphatic heterocycles. The Bertz CT molecular complexity index is 293. The van der Waals surface area contributed by atoms with Crippen molar-refractivity contribution in [2.75, 3.05) is 13.1 Å². The molecule has 0 aromatic carbocycles. The summed E-state index contributed by atoms with van der Waals surface area (Å²) >= 11 is 0. The van der Waals surface area contributed by atoms with Crippen LogP contribution >= 0.6 is 0 Å². The molecule has 1 N–H and O–H groups in total. The van der Waals surface area contributed by atoms with Crippen LogP contribution < -0.4 is 0 Å². The van der Waals surface area contributed by atoms with Gasteiger partial charge in [0.1, 0.15) is 0 Å². The first-order chi connectivity index (χ1) is 7.15. The minimum Gasteiger partial charge on any atom is -0.481 e. The summed E-state index contributed by atoms with van der Waals surface area (Å²) in [4.78, 5) is 23.9. The summed E-state index contributed by atoms with van der Waals surface area (Å²) in [6.07, 6.45) is 7.24. The van der Waals surface area contributed by atoms with Crippen LogP contribution in [0.15, 0.2) is 0 Å². The second-order valence-corrected chi connectivity index (χ2v) is 3.72. The number of hydrogen-bond acceptors (Lipinski definition) is 2. The molecule has 1 saturated heterocycles. The number of nitrogens with zero attached hydrogens (tertiary/aromatic N) is 1. The van der Waals surface area contributed by atoms with E-state index in [0.29, 0.717) is 32.4 Å². The fraction of sp³-hybridized carbons (Fsp3) is 0.636. The van der Waals surface area contributed by atoms with E-state index in [-0.39, 0.29) is 5.91 Å². The molecule has 1 fully saturated rings. The number of carboxylic acids is 1. The molecule has 0 bridgehead atoms. The largest absolute Gasteiger partial charge is 0.481 e. The van der Waals surface area contributed by atoms with Gasteiger partial charge in [-0.05, 0) is 12.8 Å². The Kier molecular flexibility index (Phi) is 4.17. The van der Waals surface area contributed by atoms with Gasteiger partial charge < -0.3 is 10.0 Å².